The van der Waals surface area contributed by atoms with Crippen LogP contribution in [-0.4, -0.2) is 41.9 Å². The Hall–Kier alpha value is -2.27. The SMILES string of the molecule is CC1CC(C)CN(S(=O)(=O)c2ccc(C(=O)Nc3nnc(-c4ccc(Cl)s4)o3)cc2)C1. The number of hydrogen-bond donors (Lipinski definition) is 1. The Labute approximate surface area is 189 Å². The van der Waals surface area contributed by atoms with Crippen LogP contribution in [0.3, 0.4) is 0 Å². The van der Waals surface area contributed by atoms with Crippen molar-refractivity contribution < 1.29 is 17.6 Å². The lowest BCUT2D eigenvalue weighted by atomic mass is 9.94. The molecule has 2 atom stereocenters. The van der Waals surface area contributed by atoms with E-state index in [4.69, 9.17) is 16.0 Å². The Balaban J connectivity index is 1.45. The van der Waals surface area contributed by atoms with E-state index in [-0.39, 0.29) is 22.4 Å². The van der Waals surface area contributed by atoms with Crippen LogP contribution in [0.25, 0.3) is 10.8 Å². The van der Waals surface area contributed by atoms with Crippen LogP contribution in [-0.2, 0) is 10.0 Å². The lowest BCUT2D eigenvalue weighted by Gasteiger charge is -2.34. The molecule has 0 radical (unpaired) electrons. The Kier molecular flexibility index (Phi) is 6.16. The topological polar surface area (TPSA) is 105 Å². The number of nitrogens with zero attached hydrogens (tertiary/aromatic N) is 3. The third-order valence-electron chi connectivity index (χ3n) is 5.02. The minimum atomic E-state index is -3.60. The lowest BCUT2D eigenvalue weighted by Crippen LogP contribution is -2.42. The molecule has 4 rings (SSSR count). The summed E-state index contributed by atoms with van der Waals surface area (Å²) >= 11 is 7.18. The second-order valence-electron chi connectivity index (χ2n) is 7.76. The van der Waals surface area contributed by atoms with Crippen molar-refractivity contribution in [3.8, 4) is 10.8 Å². The monoisotopic (exact) mass is 480 g/mol. The largest absolute Gasteiger partial charge is 0.402 e. The van der Waals surface area contributed by atoms with Crippen molar-refractivity contribution in [3.63, 3.8) is 0 Å². The Bertz CT molecular complexity index is 1180. The van der Waals surface area contributed by atoms with Gasteiger partial charge in [-0.1, -0.05) is 30.5 Å². The highest BCUT2D eigenvalue weighted by molar-refractivity contribution is 7.89. The van der Waals surface area contributed by atoms with Gasteiger partial charge in [0.2, 0.25) is 10.0 Å². The number of rotatable bonds is 5. The van der Waals surface area contributed by atoms with Gasteiger partial charge < -0.3 is 4.42 Å². The molecule has 1 amide bonds. The summed E-state index contributed by atoms with van der Waals surface area (Å²) in [5.41, 5.74) is 0.276. The smallest absolute Gasteiger partial charge is 0.322 e. The van der Waals surface area contributed by atoms with Gasteiger partial charge >= 0.3 is 6.01 Å². The molecule has 1 N–H and O–H groups in total. The van der Waals surface area contributed by atoms with E-state index in [1.807, 2.05) is 0 Å². The second-order valence-corrected chi connectivity index (χ2v) is 11.4. The maximum absolute atomic E-state index is 13.0. The normalized spacial score (nSPS) is 20.0. The number of aromatic nitrogens is 2. The number of carbonyl (C=O) groups excluding carboxylic acids is 1. The molecule has 8 nitrogen and oxygen atoms in total. The fourth-order valence-corrected chi connectivity index (χ4v) is 6.35. The number of thiophene rings is 1. The minimum Gasteiger partial charge on any atom is -0.402 e. The zero-order valence-corrected chi connectivity index (χ0v) is 19.3. The van der Waals surface area contributed by atoms with Gasteiger partial charge in [0.05, 0.1) is 14.1 Å². The van der Waals surface area contributed by atoms with Crippen LogP contribution in [0.1, 0.15) is 30.6 Å². The molecule has 0 bridgehead atoms. The number of piperidine rings is 1. The molecule has 3 heterocycles. The Morgan fingerprint density at radius 1 is 1.13 bits per heavy atom. The Morgan fingerprint density at radius 3 is 2.42 bits per heavy atom. The fourth-order valence-electron chi connectivity index (χ4n) is 3.70. The molecule has 164 valence electrons. The van der Waals surface area contributed by atoms with Crippen LogP contribution in [0.4, 0.5) is 6.01 Å². The van der Waals surface area contributed by atoms with Crippen LogP contribution >= 0.6 is 22.9 Å². The zero-order valence-electron chi connectivity index (χ0n) is 16.9. The highest BCUT2D eigenvalue weighted by atomic mass is 35.5. The highest BCUT2D eigenvalue weighted by Gasteiger charge is 2.31. The predicted octanol–water partition coefficient (Wildman–Crippen LogP) is 4.37. The molecule has 0 spiro atoms. The third kappa shape index (κ3) is 4.82. The first-order valence-corrected chi connectivity index (χ1v) is 12.4. The van der Waals surface area contributed by atoms with Gasteiger partial charge in [0.25, 0.3) is 11.8 Å². The summed E-state index contributed by atoms with van der Waals surface area (Å²) in [7, 11) is -3.60. The van der Waals surface area contributed by atoms with Gasteiger partial charge in [-0.25, -0.2) is 8.42 Å². The first-order valence-electron chi connectivity index (χ1n) is 9.73. The number of anilines is 1. The molecule has 1 aliphatic heterocycles. The van der Waals surface area contributed by atoms with E-state index in [2.05, 4.69) is 29.4 Å². The lowest BCUT2D eigenvalue weighted by molar-refractivity contribution is 0.102. The van der Waals surface area contributed by atoms with Gasteiger partial charge in [0.1, 0.15) is 0 Å². The van der Waals surface area contributed by atoms with Crippen LogP contribution < -0.4 is 5.32 Å². The average molecular weight is 481 g/mol. The van der Waals surface area contributed by atoms with Crippen molar-refractivity contribution in [1.82, 2.24) is 14.5 Å². The van der Waals surface area contributed by atoms with E-state index < -0.39 is 15.9 Å². The van der Waals surface area contributed by atoms with Gasteiger partial charge in [-0.3, -0.25) is 10.1 Å². The van der Waals surface area contributed by atoms with E-state index in [0.717, 1.165) is 6.42 Å². The molecule has 11 heteroatoms. The Morgan fingerprint density at radius 2 is 1.81 bits per heavy atom. The molecule has 3 aromatic rings. The molecule has 0 saturated carbocycles. The summed E-state index contributed by atoms with van der Waals surface area (Å²) in [4.78, 5) is 13.4. The number of amides is 1. The van der Waals surface area contributed by atoms with Gasteiger partial charge in [0.15, 0.2) is 0 Å². The number of carbonyl (C=O) groups is 1. The van der Waals surface area contributed by atoms with Crippen molar-refractivity contribution >= 4 is 44.9 Å². The number of benzene rings is 1. The zero-order chi connectivity index (χ0) is 22.2. The number of hydrogen-bond acceptors (Lipinski definition) is 7. The van der Waals surface area contributed by atoms with Crippen LogP contribution in [0.2, 0.25) is 4.34 Å². The minimum absolute atomic E-state index is 0.0579. The molecule has 2 aromatic heterocycles. The maximum atomic E-state index is 13.0. The first-order chi connectivity index (χ1) is 14.7. The summed E-state index contributed by atoms with van der Waals surface area (Å²) in [6, 6.07) is 9.23. The maximum Gasteiger partial charge on any atom is 0.322 e. The first kappa shape index (κ1) is 21.9. The number of sulfonamides is 1. The molecule has 1 fully saturated rings. The van der Waals surface area contributed by atoms with E-state index in [1.54, 1.807) is 12.1 Å². The van der Waals surface area contributed by atoms with Gasteiger partial charge in [-0.05, 0) is 54.7 Å². The van der Waals surface area contributed by atoms with E-state index in [1.165, 1.54) is 39.9 Å². The van der Waals surface area contributed by atoms with Crippen LogP contribution in [0.15, 0.2) is 45.7 Å². The fraction of sp³-hybridized carbons (Fsp3) is 0.350. The van der Waals surface area contributed by atoms with E-state index in [9.17, 15) is 13.2 Å². The van der Waals surface area contributed by atoms with Crippen molar-refractivity contribution in [3.05, 3.63) is 46.3 Å². The van der Waals surface area contributed by atoms with Crippen molar-refractivity contribution in [2.24, 2.45) is 11.8 Å². The third-order valence-corrected chi connectivity index (χ3v) is 8.08. The summed E-state index contributed by atoms with van der Waals surface area (Å²) < 4.78 is 33.5. The summed E-state index contributed by atoms with van der Waals surface area (Å²) in [6.45, 7) is 5.12. The quantitative estimate of drug-likeness (QED) is 0.581. The number of halogens is 1. The summed E-state index contributed by atoms with van der Waals surface area (Å²) in [5, 5.41) is 10.2. The molecule has 1 aliphatic rings. The molecule has 1 aromatic carbocycles. The predicted molar refractivity (Wildman–Crippen MR) is 119 cm³/mol. The molecular formula is C20H21ClN4O4S2. The van der Waals surface area contributed by atoms with E-state index >= 15 is 0 Å². The number of nitrogens with one attached hydrogen (secondary N) is 1. The van der Waals surface area contributed by atoms with E-state index in [0.29, 0.717) is 34.1 Å². The molecule has 1 saturated heterocycles. The molecule has 0 aliphatic carbocycles. The second kappa shape index (κ2) is 8.70. The van der Waals surface area contributed by atoms with Crippen LogP contribution in [0, 0.1) is 11.8 Å². The van der Waals surface area contributed by atoms with Crippen molar-refractivity contribution in [2.45, 2.75) is 25.2 Å². The van der Waals surface area contributed by atoms with Crippen molar-refractivity contribution in [2.75, 3.05) is 18.4 Å². The van der Waals surface area contributed by atoms with Gasteiger partial charge in [-0.15, -0.1) is 16.4 Å². The van der Waals surface area contributed by atoms with Gasteiger partial charge in [0, 0.05) is 18.7 Å². The summed E-state index contributed by atoms with van der Waals surface area (Å²) in [5.74, 6) is 0.392. The molecular weight excluding hydrogens is 460 g/mol. The molecule has 31 heavy (non-hydrogen) atoms. The van der Waals surface area contributed by atoms with Gasteiger partial charge in [-0.2, -0.15) is 4.31 Å². The standard InChI is InChI=1S/C20H21ClN4O4S2/c1-12-9-13(2)11-25(10-12)31(27,28)15-5-3-14(4-6-15)18(26)22-20-24-23-19(29-20)16-7-8-17(21)30-16/h3-8,12-13H,9-11H2,1-2H3,(H,22,24,26). The summed E-state index contributed by atoms with van der Waals surface area (Å²) in [6.07, 6.45) is 1.02. The van der Waals surface area contributed by atoms with Crippen LogP contribution in [0.5, 0.6) is 0 Å². The average Bonchev–Trinajstić information content (AvgIpc) is 3.36. The molecule has 2 unspecified atom stereocenters. The highest BCUT2D eigenvalue weighted by Crippen LogP contribution is 2.31. The van der Waals surface area contributed by atoms with Crippen molar-refractivity contribution in [1.29, 1.82) is 0 Å².